The minimum absolute atomic E-state index is 0.0431. The Kier molecular flexibility index (Phi) is 4.74. The van der Waals surface area contributed by atoms with Crippen molar-refractivity contribution >= 4 is 17.3 Å². The molecule has 19 heavy (non-hydrogen) atoms. The SMILES string of the molecule is COC(=O)C(C)Nc1ccc([N+](=O)[O-])cc1C(F)F. The number of rotatable bonds is 5. The number of nitro benzene ring substituents is 1. The number of non-ortho nitro benzene ring substituents is 1. The predicted octanol–water partition coefficient (Wildman–Crippen LogP) is 2.51. The van der Waals surface area contributed by atoms with E-state index in [-0.39, 0.29) is 5.69 Å². The van der Waals surface area contributed by atoms with Gasteiger partial charge in [-0.05, 0) is 13.0 Å². The summed E-state index contributed by atoms with van der Waals surface area (Å²) in [6.45, 7) is 1.43. The van der Waals surface area contributed by atoms with Gasteiger partial charge in [-0.2, -0.15) is 0 Å². The van der Waals surface area contributed by atoms with Gasteiger partial charge in [0, 0.05) is 23.4 Å². The van der Waals surface area contributed by atoms with Gasteiger partial charge < -0.3 is 10.1 Å². The van der Waals surface area contributed by atoms with Crippen LogP contribution < -0.4 is 5.32 Å². The summed E-state index contributed by atoms with van der Waals surface area (Å²) < 4.78 is 30.1. The van der Waals surface area contributed by atoms with Gasteiger partial charge in [-0.25, -0.2) is 13.6 Å². The lowest BCUT2D eigenvalue weighted by Gasteiger charge is -2.15. The Labute approximate surface area is 107 Å². The van der Waals surface area contributed by atoms with Gasteiger partial charge in [0.1, 0.15) is 6.04 Å². The fourth-order valence-electron chi connectivity index (χ4n) is 1.44. The molecule has 0 heterocycles. The molecule has 0 spiro atoms. The zero-order chi connectivity index (χ0) is 14.6. The molecule has 0 radical (unpaired) electrons. The van der Waals surface area contributed by atoms with Crippen LogP contribution in [0.4, 0.5) is 20.2 Å². The maximum absolute atomic E-state index is 12.8. The molecule has 1 aromatic rings. The van der Waals surface area contributed by atoms with Gasteiger partial charge >= 0.3 is 5.97 Å². The number of ether oxygens (including phenoxy) is 1. The quantitative estimate of drug-likeness (QED) is 0.507. The van der Waals surface area contributed by atoms with E-state index in [9.17, 15) is 23.7 Å². The predicted molar refractivity (Wildman–Crippen MR) is 63.2 cm³/mol. The Balaban J connectivity index is 3.07. The van der Waals surface area contributed by atoms with Crippen LogP contribution in [0.2, 0.25) is 0 Å². The van der Waals surface area contributed by atoms with E-state index in [0.29, 0.717) is 0 Å². The summed E-state index contributed by atoms with van der Waals surface area (Å²) in [5.41, 5.74) is -1.02. The van der Waals surface area contributed by atoms with Gasteiger partial charge in [0.2, 0.25) is 0 Å². The van der Waals surface area contributed by atoms with E-state index in [4.69, 9.17) is 0 Å². The lowest BCUT2D eigenvalue weighted by molar-refractivity contribution is -0.385. The lowest BCUT2D eigenvalue weighted by atomic mass is 10.1. The number of methoxy groups -OCH3 is 1. The largest absolute Gasteiger partial charge is 0.467 e. The maximum Gasteiger partial charge on any atom is 0.327 e. The number of carbonyl (C=O) groups excluding carboxylic acids is 1. The van der Waals surface area contributed by atoms with Crippen LogP contribution in [0, 0.1) is 10.1 Å². The van der Waals surface area contributed by atoms with E-state index in [2.05, 4.69) is 10.1 Å². The van der Waals surface area contributed by atoms with Crippen LogP contribution in [0.1, 0.15) is 18.9 Å². The number of hydrogen-bond donors (Lipinski definition) is 1. The Morgan fingerprint density at radius 1 is 1.47 bits per heavy atom. The molecule has 0 fully saturated rings. The van der Waals surface area contributed by atoms with Gasteiger partial charge in [0.05, 0.1) is 12.0 Å². The first kappa shape index (κ1) is 14.8. The average molecular weight is 274 g/mol. The number of halogens is 2. The van der Waals surface area contributed by atoms with Gasteiger partial charge in [-0.3, -0.25) is 10.1 Å². The summed E-state index contributed by atoms with van der Waals surface area (Å²) in [6.07, 6.45) is -2.90. The summed E-state index contributed by atoms with van der Waals surface area (Å²) in [7, 11) is 1.17. The average Bonchev–Trinajstić information content (AvgIpc) is 2.37. The van der Waals surface area contributed by atoms with Gasteiger partial charge in [0.15, 0.2) is 0 Å². The number of benzene rings is 1. The van der Waals surface area contributed by atoms with Gasteiger partial charge in [-0.15, -0.1) is 0 Å². The van der Waals surface area contributed by atoms with E-state index in [1.165, 1.54) is 14.0 Å². The summed E-state index contributed by atoms with van der Waals surface area (Å²) in [6, 6.07) is 2.15. The topological polar surface area (TPSA) is 81.5 Å². The minimum Gasteiger partial charge on any atom is -0.467 e. The summed E-state index contributed by atoms with van der Waals surface area (Å²) in [4.78, 5) is 21.0. The van der Waals surface area contributed by atoms with E-state index in [1.807, 2.05) is 0 Å². The lowest BCUT2D eigenvalue weighted by Crippen LogP contribution is -2.27. The second kappa shape index (κ2) is 6.07. The molecule has 0 saturated carbocycles. The third-order valence-corrected chi connectivity index (χ3v) is 2.41. The molecule has 0 amide bonds. The van der Waals surface area contributed by atoms with Crippen LogP contribution in [-0.4, -0.2) is 24.0 Å². The number of esters is 1. The molecule has 1 unspecified atom stereocenters. The van der Waals surface area contributed by atoms with Crippen molar-refractivity contribution in [2.24, 2.45) is 0 Å². The highest BCUT2D eigenvalue weighted by atomic mass is 19.3. The number of nitrogens with one attached hydrogen (secondary N) is 1. The first-order chi connectivity index (χ1) is 8.86. The fraction of sp³-hybridized carbons (Fsp3) is 0.364. The molecule has 0 bridgehead atoms. The van der Waals surface area contributed by atoms with Crippen LogP contribution in [0.3, 0.4) is 0 Å². The third-order valence-electron chi connectivity index (χ3n) is 2.41. The Hall–Kier alpha value is -2.25. The van der Waals surface area contributed by atoms with E-state index >= 15 is 0 Å². The highest BCUT2D eigenvalue weighted by molar-refractivity contribution is 5.79. The summed E-state index contributed by atoms with van der Waals surface area (Å²) in [5.74, 6) is -0.626. The summed E-state index contributed by atoms with van der Waals surface area (Å²) >= 11 is 0. The highest BCUT2D eigenvalue weighted by Crippen LogP contribution is 2.31. The first-order valence-electron chi connectivity index (χ1n) is 5.27. The van der Waals surface area contributed by atoms with Crippen molar-refractivity contribution in [1.82, 2.24) is 0 Å². The molecule has 1 atom stereocenters. The van der Waals surface area contributed by atoms with Crippen molar-refractivity contribution in [1.29, 1.82) is 0 Å². The van der Waals surface area contributed by atoms with E-state index in [0.717, 1.165) is 18.2 Å². The third kappa shape index (κ3) is 3.60. The van der Waals surface area contributed by atoms with Crippen molar-refractivity contribution in [3.05, 3.63) is 33.9 Å². The Bertz CT molecular complexity index is 494. The molecule has 104 valence electrons. The van der Waals surface area contributed by atoms with Crippen molar-refractivity contribution in [3.8, 4) is 0 Å². The molecule has 0 aromatic heterocycles. The molecule has 0 aliphatic rings. The number of nitro groups is 1. The van der Waals surface area contributed by atoms with Crippen molar-refractivity contribution in [3.63, 3.8) is 0 Å². The number of carbonyl (C=O) groups is 1. The van der Waals surface area contributed by atoms with E-state index in [1.54, 1.807) is 0 Å². The zero-order valence-corrected chi connectivity index (χ0v) is 10.2. The van der Waals surface area contributed by atoms with Crippen LogP contribution >= 0.6 is 0 Å². The van der Waals surface area contributed by atoms with Crippen molar-refractivity contribution in [2.75, 3.05) is 12.4 Å². The minimum atomic E-state index is -2.90. The second-order valence-electron chi connectivity index (χ2n) is 3.72. The smallest absolute Gasteiger partial charge is 0.327 e. The molecule has 1 N–H and O–H groups in total. The van der Waals surface area contributed by atoms with Crippen LogP contribution in [-0.2, 0) is 9.53 Å². The monoisotopic (exact) mass is 274 g/mol. The maximum atomic E-state index is 12.8. The summed E-state index contributed by atoms with van der Waals surface area (Å²) in [5, 5.41) is 13.1. The highest BCUT2D eigenvalue weighted by Gasteiger charge is 2.21. The number of alkyl halides is 2. The molecular weight excluding hydrogens is 262 g/mol. The van der Waals surface area contributed by atoms with Crippen LogP contribution in [0.25, 0.3) is 0 Å². The fourth-order valence-corrected chi connectivity index (χ4v) is 1.44. The molecule has 6 nitrogen and oxygen atoms in total. The Morgan fingerprint density at radius 2 is 2.11 bits per heavy atom. The first-order valence-corrected chi connectivity index (χ1v) is 5.27. The molecule has 1 aromatic carbocycles. The van der Waals surface area contributed by atoms with E-state index < -0.39 is 34.6 Å². The molecule has 8 heteroatoms. The van der Waals surface area contributed by atoms with Gasteiger partial charge in [-0.1, -0.05) is 0 Å². The van der Waals surface area contributed by atoms with Crippen LogP contribution in [0.15, 0.2) is 18.2 Å². The standard InChI is InChI=1S/C11H12F2N2O4/c1-6(11(16)19-2)14-9-4-3-7(15(17)18)5-8(9)10(12)13/h3-6,10,14H,1-2H3. The number of hydrogen-bond acceptors (Lipinski definition) is 5. The van der Waals surface area contributed by atoms with Crippen LogP contribution in [0.5, 0.6) is 0 Å². The van der Waals surface area contributed by atoms with Crippen molar-refractivity contribution in [2.45, 2.75) is 19.4 Å². The van der Waals surface area contributed by atoms with Crippen molar-refractivity contribution < 1.29 is 23.2 Å². The Morgan fingerprint density at radius 3 is 2.58 bits per heavy atom. The molecule has 0 aliphatic carbocycles. The molecular formula is C11H12F2N2O4. The number of nitrogens with zero attached hydrogens (tertiary/aromatic N) is 1. The zero-order valence-electron chi connectivity index (χ0n) is 10.2. The number of anilines is 1. The second-order valence-corrected chi connectivity index (χ2v) is 3.72. The molecule has 0 saturated heterocycles. The normalized spacial score (nSPS) is 12.1. The van der Waals surface area contributed by atoms with Gasteiger partial charge in [0.25, 0.3) is 12.1 Å². The molecule has 1 rings (SSSR count). The molecule has 0 aliphatic heterocycles.